The Morgan fingerprint density at radius 2 is 2.29 bits per heavy atom. The molecule has 94 valence electrons. The normalized spacial score (nSPS) is 18.1. The zero-order valence-corrected chi connectivity index (χ0v) is 10.7. The van der Waals surface area contributed by atoms with Crippen LogP contribution in [0.1, 0.15) is 37.0 Å². The van der Waals surface area contributed by atoms with E-state index in [-0.39, 0.29) is 0 Å². The average molecular weight is 253 g/mol. The molecule has 0 radical (unpaired) electrons. The van der Waals surface area contributed by atoms with Crippen LogP contribution in [0.25, 0.3) is 0 Å². The maximum absolute atomic E-state index is 5.47. The smallest absolute Gasteiger partial charge is 0.206 e. The molecule has 0 aromatic carbocycles. The van der Waals surface area contributed by atoms with Crippen LogP contribution in [0.15, 0.2) is 16.7 Å². The number of guanidine groups is 1. The van der Waals surface area contributed by atoms with Crippen LogP contribution < -0.4 is 16.6 Å². The number of hydrogen-bond acceptors (Lipinski definition) is 4. The summed E-state index contributed by atoms with van der Waals surface area (Å²) in [5.74, 6) is 6.16. The lowest BCUT2D eigenvalue weighted by molar-refractivity contribution is 0.410. The first kappa shape index (κ1) is 12.3. The molecule has 0 atom stereocenters. The van der Waals surface area contributed by atoms with Gasteiger partial charge in [0, 0.05) is 17.1 Å². The molecule has 1 saturated carbocycles. The van der Waals surface area contributed by atoms with Crippen molar-refractivity contribution in [2.75, 3.05) is 0 Å². The zero-order chi connectivity index (χ0) is 11.9. The molecule has 6 heteroatoms. The van der Waals surface area contributed by atoms with E-state index >= 15 is 0 Å². The average Bonchev–Trinajstić information content (AvgIpc) is 2.89. The molecular formula is C11H19N5S. The van der Waals surface area contributed by atoms with Gasteiger partial charge in [-0.3, -0.25) is 10.4 Å². The summed E-state index contributed by atoms with van der Waals surface area (Å²) in [6.07, 6.45) is 8.20. The maximum Gasteiger partial charge on any atom is 0.206 e. The van der Waals surface area contributed by atoms with Gasteiger partial charge in [0.25, 0.3) is 0 Å². The summed E-state index contributed by atoms with van der Waals surface area (Å²) in [4.78, 5) is 9.58. The van der Waals surface area contributed by atoms with Crippen molar-refractivity contribution in [3.05, 3.63) is 16.6 Å². The Balaban J connectivity index is 1.84. The van der Waals surface area contributed by atoms with Gasteiger partial charge in [0.05, 0.1) is 12.1 Å². The number of thiazole rings is 1. The molecule has 1 aliphatic carbocycles. The lowest BCUT2D eigenvalue weighted by Gasteiger charge is -2.24. The van der Waals surface area contributed by atoms with Gasteiger partial charge in [-0.05, 0) is 12.8 Å². The topological polar surface area (TPSA) is 75.3 Å². The third-order valence-electron chi connectivity index (χ3n) is 2.96. The van der Waals surface area contributed by atoms with E-state index in [0.29, 0.717) is 18.5 Å². The molecule has 1 heterocycles. The van der Waals surface area contributed by atoms with Crippen molar-refractivity contribution in [2.45, 2.75) is 44.7 Å². The Kier molecular flexibility index (Phi) is 4.75. The molecule has 0 spiro atoms. The van der Waals surface area contributed by atoms with Crippen molar-refractivity contribution in [3.63, 3.8) is 0 Å². The lowest BCUT2D eigenvalue weighted by Crippen LogP contribution is -2.47. The number of aromatic nitrogens is 1. The molecule has 1 fully saturated rings. The predicted octanol–water partition coefficient (Wildman–Crippen LogP) is 1.38. The predicted molar refractivity (Wildman–Crippen MR) is 70.6 cm³/mol. The molecule has 0 bridgehead atoms. The quantitative estimate of drug-likeness (QED) is 0.329. The molecule has 1 aliphatic rings. The van der Waals surface area contributed by atoms with Crippen LogP contribution in [0.2, 0.25) is 0 Å². The van der Waals surface area contributed by atoms with Gasteiger partial charge in [-0.25, -0.2) is 10.8 Å². The van der Waals surface area contributed by atoms with Gasteiger partial charge in [-0.2, -0.15) is 0 Å². The van der Waals surface area contributed by atoms with Gasteiger partial charge in [-0.15, -0.1) is 11.3 Å². The Morgan fingerprint density at radius 1 is 1.47 bits per heavy atom. The van der Waals surface area contributed by atoms with E-state index < -0.39 is 0 Å². The Bertz CT molecular complexity index is 343. The van der Waals surface area contributed by atoms with Gasteiger partial charge in [0.1, 0.15) is 0 Å². The third kappa shape index (κ3) is 3.98. The van der Waals surface area contributed by atoms with Crippen LogP contribution in [-0.4, -0.2) is 17.0 Å². The van der Waals surface area contributed by atoms with Crippen LogP contribution in [0, 0.1) is 0 Å². The monoisotopic (exact) mass is 253 g/mol. The van der Waals surface area contributed by atoms with Crippen molar-refractivity contribution in [3.8, 4) is 0 Å². The largest absolute Gasteiger partial charge is 0.353 e. The van der Waals surface area contributed by atoms with E-state index in [1.807, 2.05) is 11.7 Å². The fourth-order valence-corrected chi connectivity index (χ4v) is 2.57. The number of nitrogens with one attached hydrogen (secondary N) is 2. The van der Waals surface area contributed by atoms with E-state index in [0.717, 1.165) is 4.88 Å². The summed E-state index contributed by atoms with van der Waals surface area (Å²) in [5, 5.41) is 3.37. The SMILES string of the molecule is NNC(=NCc1cncs1)NC1CCCCC1. The fraction of sp³-hybridized carbons (Fsp3) is 0.636. The molecule has 17 heavy (non-hydrogen) atoms. The highest BCUT2D eigenvalue weighted by Gasteiger charge is 2.13. The first-order chi connectivity index (χ1) is 8.38. The van der Waals surface area contributed by atoms with Gasteiger partial charge in [0.2, 0.25) is 5.96 Å². The Hall–Kier alpha value is -1.14. The third-order valence-corrected chi connectivity index (χ3v) is 3.72. The zero-order valence-electron chi connectivity index (χ0n) is 9.85. The van der Waals surface area contributed by atoms with Crippen LogP contribution in [0.3, 0.4) is 0 Å². The Labute approximate surface area is 106 Å². The second-order valence-corrected chi connectivity index (χ2v) is 5.23. The molecule has 0 unspecified atom stereocenters. The first-order valence-electron chi connectivity index (χ1n) is 6.03. The number of rotatable bonds is 3. The summed E-state index contributed by atoms with van der Waals surface area (Å²) >= 11 is 1.61. The fourth-order valence-electron chi connectivity index (χ4n) is 2.05. The number of hydrazine groups is 1. The summed E-state index contributed by atoms with van der Waals surface area (Å²) < 4.78 is 0. The van der Waals surface area contributed by atoms with Crippen LogP contribution in [-0.2, 0) is 6.54 Å². The second-order valence-electron chi connectivity index (χ2n) is 4.26. The number of hydrogen-bond donors (Lipinski definition) is 3. The van der Waals surface area contributed by atoms with Gasteiger partial charge in [0.15, 0.2) is 0 Å². The lowest BCUT2D eigenvalue weighted by atomic mass is 9.96. The number of nitrogens with zero attached hydrogens (tertiary/aromatic N) is 2. The second kappa shape index (κ2) is 6.56. The van der Waals surface area contributed by atoms with Crippen molar-refractivity contribution in [1.82, 2.24) is 15.7 Å². The highest BCUT2D eigenvalue weighted by atomic mass is 32.1. The van der Waals surface area contributed by atoms with Gasteiger partial charge >= 0.3 is 0 Å². The molecule has 0 saturated heterocycles. The highest BCUT2D eigenvalue weighted by molar-refractivity contribution is 7.09. The summed E-state index contributed by atoms with van der Waals surface area (Å²) in [6, 6.07) is 0.514. The summed E-state index contributed by atoms with van der Waals surface area (Å²) in [5.41, 5.74) is 4.45. The minimum absolute atomic E-state index is 0.514. The molecule has 2 rings (SSSR count). The first-order valence-corrected chi connectivity index (χ1v) is 6.91. The van der Waals surface area contributed by atoms with E-state index in [1.54, 1.807) is 11.3 Å². The molecule has 5 nitrogen and oxygen atoms in total. The molecule has 0 amide bonds. The molecule has 1 aromatic rings. The van der Waals surface area contributed by atoms with Crippen molar-refractivity contribution >= 4 is 17.3 Å². The van der Waals surface area contributed by atoms with E-state index in [9.17, 15) is 0 Å². The molecule has 1 aromatic heterocycles. The molecule has 4 N–H and O–H groups in total. The van der Waals surface area contributed by atoms with Crippen molar-refractivity contribution in [1.29, 1.82) is 0 Å². The highest BCUT2D eigenvalue weighted by Crippen LogP contribution is 2.17. The molecular weight excluding hydrogens is 234 g/mol. The van der Waals surface area contributed by atoms with E-state index in [2.05, 4.69) is 20.7 Å². The van der Waals surface area contributed by atoms with Crippen LogP contribution >= 0.6 is 11.3 Å². The van der Waals surface area contributed by atoms with Gasteiger partial charge < -0.3 is 5.32 Å². The Morgan fingerprint density at radius 3 is 2.94 bits per heavy atom. The van der Waals surface area contributed by atoms with E-state index in [1.165, 1.54) is 32.1 Å². The number of nitrogens with two attached hydrogens (primary N) is 1. The van der Waals surface area contributed by atoms with Crippen molar-refractivity contribution < 1.29 is 0 Å². The minimum atomic E-state index is 0.514. The maximum atomic E-state index is 5.47. The number of aliphatic imine (C=N–C) groups is 1. The van der Waals surface area contributed by atoms with E-state index in [4.69, 9.17) is 5.84 Å². The van der Waals surface area contributed by atoms with Crippen LogP contribution in [0.4, 0.5) is 0 Å². The standard InChI is InChI=1S/C11H19N5S/c12-16-11(14-7-10-6-13-8-17-10)15-9-4-2-1-3-5-9/h6,8-9H,1-5,7,12H2,(H2,14,15,16). The molecule has 0 aliphatic heterocycles. The van der Waals surface area contributed by atoms with Crippen LogP contribution in [0.5, 0.6) is 0 Å². The summed E-state index contributed by atoms with van der Waals surface area (Å²) in [7, 11) is 0. The minimum Gasteiger partial charge on any atom is -0.353 e. The van der Waals surface area contributed by atoms with Crippen molar-refractivity contribution in [2.24, 2.45) is 10.8 Å². The summed E-state index contributed by atoms with van der Waals surface area (Å²) in [6.45, 7) is 0.629. The van der Waals surface area contributed by atoms with Gasteiger partial charge in [-0.1, -0.05) is 19.3 Å².